The van der Waals surface area contributed by atoms with E-state index >= 15 is 0 Å². The first-order valence-corrected chi connectivity index (χ1v) is 6.27. The number of alkyl halides is 3. The van der Waals surface area contributed by atoms with Crippen molar-refractivity contribution in [2.45, 2.75) is 6.36 Å². The predicted octanol–water partition coefficient (Wildman–Crippen LogP) is 5.57. The van der Waals surface area contributed by atoms with Gasteiger partial charge in [0.15, 0.2) is 11.6 Å². The molecule has 1 nitrogen and oxygen atoms in total. The third-order valence-electron chi connectivity index (χ3n) is 2.51. The van der Waals surface area contributed by atoms with Crippen molar-refractivity contribution in [3.05, 3.63) is 52.0 Å². The molecular weight excluding hydrogens is 385 g/mol. The number of rotatable bonds is 2. The van der Waals surface area contributed by atoms with E-state index in [1.807, 2.05) is 0 Å². The van der Waals surface area contributed by atoms with Gasteiger partial charge < -0.3 is 4.74 Å². The zero-order valence-electron chi connectivity index (χ0n) is 10.2. The normalized spacial score (nSPS) is 11.6. The number of ether oxygens (including phenoxy) is 1. The van der Waals surface area contributed by atoms with Crippen molar-refractivity contribution in [3.8, 4) is 16.9 Å². The van der Waals surface area contributed by atoms with E-state index < -0.39 is 46.5 Å². The van der Waals surface area contributed by atoms with Gasteiger partial charge in [-0.25, -0.2) is 17.6 Å². The first-order chi connectivity index (χ1) is 10.1. The molecule has 0 heterocycles. The maximum Gasteiger partial charge on any atom is 0.573 e. The van der Waals surface area contributed by atoms with E-state index in [1.165, 1.54) is 0 Å². The molecule has 0 N–H and O–H groups in total. The first-order valence-electron chi connectivity index (χ1n) is 5.48. The van der Waals surface area contributed by atoms with Crippen molar-refractivity contribution in [2.24, 2.45) is 0 Å². The monoisotopic (exact) mass is 388 g/mol. The van der Waals surface area contributed by atoms with Crippen molar-refractivity contribution in [2.75, 3.05) is 0 Å². The van der Waals surface area contributed by atoms with Gasteiger partial charge in [0.1, 0.15) is 11.6 Å². The van der Waals surface area contributed by atoms with E-state index in [-0.39, 0.29) is 4.47 Å². The van der Waals surface area contributed by atoms with Crippen LogP contribution in [0.4, 0.5) is 30.7 Å². The van der Waals surface area contributed by atoms with Gasteiger partial charge in [0, 0.05) is 4.47 Å². The highest BCUT2D eigenvalue weighted by Crippen LogP contribution is 2.35. The second-order valence-corrected chi connectivity index (χ2v) is 4.98. The summed E-state index contributed by atoms with van der Waals surface area (Å²) in [5.41, 5.74) is -1.38. The Morgan fingerprint density at radius 3 is 1.64 bits per heavy atom. The van der Waals surface area contributed by atoms with E-state index in [2.05, 4.69) is 20.7 Å². The largest absolute Gasteiger partial charge is 0.573 e. The predicted molar refractivity (Wildman–Crippen MR) is 66.1 cm³/mol. The van der Waals surface area contributed by atoms with Crippen LogP contribution in [0, 0.1) is 23.3 Å². The van der Waals surface area contributed by atoms with E-state index in [0.717, 1.165) is 12.1 Å². The molecule has 2 rings (SSSR count). The zero-order valence-corrected chi connectivity index (χ0v) is 11.8. The minimum absolute atomic E-state index is 0.0456. The lowest BCUT2D eigenvalue weighted by molar-refractivity contribution is -0.276. The second-order valence-electron chi connectivity index (χ2n) is 4.06. The smallest absolute Gasteiger partial charge is 0.399 e. The quantitative estimate of drug-likeness (QED) is 0.611. The fourth-order valence-electron chi connectivity index (χ4n) is 1.74. The van der Waals surface area contributed by atoms with Gasteiger partial charge in [-0.15, -0.1) is 13.2 Å². The summed E-state index contributed by atoms with van der Waals surface area (Å²) in [6.07, 6.45) is -5.31. The molecule has 0 amide bonds. The lowest BCUT2D eigenvalue weighted by Crippen LogP contribution is -2.19. The van der Waals surface area contributed by atoms with Gasteiger partial charge in [0.2, 0.25) is 5.75 Å². The average Bonchev–Trinajstić information content (AvgIpc) is 2.31. The number of hydrogen-bond donors (Lipinski definition) is 0. The molecule has 0 unspecified atom stereocenters. The Labute approximate surface area is 127 Å². The summed E-state index contributed by atoms with van der Waals surface area (Å²) in [6.45, 7) is 0. The molecular formula is C13H4BrF7O. The van der Waals surface area contributed by atoms with Crippen molar-refractivity contribution in [1.29, 1.82) is 0 Å². The molecule has 118 valence electrons. The lowest BCUT2D eigenvalue weighted by atomic mass is 10.0. The Balaban J connectivity index is 2.56. The Bertz CT molecular complexity index is 681. The Kier molecular flexibility index (Phi) is 4.37. The molecule has 22 heavy (non-hydrogen) atoms. The van der Waals surface area contributed by atoms with E-state index in [1.54, 1.807) is 0 Å². The first kappa shape index (κ1) is 16.6. The van der Waals surface area contributed by atoms with Gasteiger partial charge in [0.05, 0.1) is 5.56 Å². The fourth-order valence-corrected chi connectivity index (χ4v) is 2.14. The topological polar surface area (TPSA) is 9.23 Å². The van der Waals surface area contributed by atoms with Crippen molar-refractivity contribution in [3.63, 3.8) is 0 Å². The standard InChI is InChI=1S/C13H4BrF7O/c14-6-3-7(15)11(8(16)4-6)5-1-9(17)12(10(18)2-5)22-13(19,20)21/h1-4H. The van der Waals surface area contributed by atoms with Gasteiger partial charge >= 0.3 is 6.36 Å². The van der Waals surface area contributed by atoms with Crippen LogP contribution in [-0.4, -0.2) is 6.36 Å². The summed E-state index contributed by atoms with van der Waals surface area (Å²) in [7, 11) is 0. The van der Waals surface area contributed by atoms with Crippen LogP contribution in [0.3, 0.4) is 0 Å². The van der Waals surface area contributed by atoms with Crippen molar-refractivity contribution >= 4 is 15.9 Å². The fraction of sp³-hybridized carbons (Fsp3) is 0.0769. The summed E-state index contributed by atoms with van der Waals surface area (Å²) < 4.78 is 93.8. The van der Waals surface area contributed by atoms with Crippen LogP contribution in [0.1, 0.15) is 0 Å². The van der Waals surface area contributed by atoms with Crippen LogP contribution >= 0.6 is 15.9 Å². The summed E-state index contributed by atoms with van der Waals surface area (Å²) in [4.78, 5) is 0. The molecule has 0 aliphatic heterocycles. The van der Waals surface area contributed by atoms with E-state index in [0.29, 0.717) is 12.1 Å². The molecule has 0 radical (unpaired) electrons. The lowest BCUT2D eigenvalue weighted by Gasteiger charge is -2.12. The van der Waals surface area contributed by atoms with Gasteiger partial charge in [-0.05, 0) is 29.8 Å². The molecule has 9 heteroatoms. The number of hydrogen-bond acceptors (Lipinski definition) is 1. The van der Waals surface area contributed by atoms with E-state index in [4.69, 9.17) is 0 Å². The zero-order chi connectivity index (χ0) is 16.7. The highest BCUT2D eigenvalue weighted by molar-refractivity contribution is 9.10. The van der Waals surface area contributed by atoms with Crippen molar-refractivity contribution in [1.82, 2.24) is 0 Å². The van der Waals surface area contributed by atoms with Gasteiger partial charge in [-0.2, -0.15) is 0 Å². The van der Waals surface area contributed by atoms with Gasteiger partial charge in [0.25, 0.3) is 0 Å². The molecule has 0 aromatic heterocycles. The molecule has 0 saturated heterocycles. The molecule has 0 aliphatic rings. The number of benzene rings is 2. The Morgan fingerprint density at radius 2 is 1.23 bits per heavy atom. The van der Waals surface area contributed by atoms with Gasteiger partial charge in [-0.3, -0.25) is 0 Å². The summed E-state index contributed by atoms with van der Waals surface area (Å²) in [5, 5.41) is 0. The van der Waals surface area contributed by atoms with Crippen LogP contribution in [0.2, 0.25) is 0 Å². The maximum absolute atomic E-state index is 13.7. The molecule has 0 saturated carbocycles. The highest BCUT2D eigenvalue weighted by Gasteiger charge is 2.34. The number of halogens is 8. The molecule has 0 fully saturated rings. The minimum atomic E-state index is -5.31. The molecule has 0 atom stereocenters. The van der Waals surface area contributed by atoms with E-state index in [9.17, 15) is 30.7 Å². The van der Waals surface area contributed by atoms with Crippen LogP contribution in [0.5, 0.6) is 5.75 Å². The summed E-state index contributed by atoms with van der Waals surface area (Å²) in [6, 6.07) is 2.38. The molecule has 2 aromatic carbocycles. The summed E-state index contributed by atoms with van der Waals surface area (Å²) in [5.74, 6) is -7.47. The molecule has 0 bridgehead atoms. The average molecular weight is 389 g/mol. The van der Waals surface area contributed by atoms with Crippen LogP contribution in [0.25, 0.3) is 11.1 Å². The minimum Gasteiger partial charge on any atom is -0.399 e. The third-order valence-corrected chi connectivity index (χ3v) is 2.97. The Hall–Kier alpha value is -1.77. The highest BCUT2D eigenvalue weighted by atomic mass is 79.9. The third kappa shape index (κ3) is 3.52. The van der Waals surface area contributed by atoms with Crippen LogP contribution < -0.4 is 4.74 Å². The maximum atomic E-state index is 13.7. The molecule has 2 aromatic rings. The van der Waals surface area contributed by atoms with Gasteiger partial charge in [-0.1, -0.05) is 15.9 Å². The van der Waals surface area contributed by atoms with Crippen molar-refractivity contribution < 1.29 is 35.5 Å². The summed E-state index contributed by atoms with van der Waals surface area (Å²) >= 11 is 2.82. The second kappa shape index (κ2) is 5.79. The molecule has 0 spiro atoms. The van der Waals surface area contributed by atoms with Crippen LogP contribution in [0.15, 0.2) is 28.7 Å². The molecule has 0 aliphatic carbocycles. The van der Waals surface area contributed by atoms with Crippen LogP contribution in [-0.2, 0) is 0 Å². The SMILES string of the molecule is Fc1cc(-c2c(F)cc(Br)cc2F)cc(F)c1OC(F)(F)F. The Morgan fingerprint density at radius 1 is 0.773 bits per heavy atom.